The largest absolute Gasteiger partial charge is 0.280 e. The van der Waals surface area contributed by atoms with E-state index in [1.54, 1.807) is 0 Å². The molecule has 94 valence electrons. The lowest BCUT2D eigenvalue weighted by molar-refractivity contribution is 0.866. The number of H-pyrrole nitrogens is 1. The Kier molecular flexibility index (Phi) is 3.55. The monoisotopic (exact) mass is 242 g/mol. The fraction of sp³-hybridized carbons (Fsp3) is 0.357. The quantitative estimate of drug-likeness (QED) is 0.788. The van der Waals surface area contributed by atoms with Crippen LogP contribution < -0.4 is 0 Å². The Morgan fingerprint density at radius 3 is 2.22 bits per heavy atom. The minimum atomic E-state index is 0.536. The van der Waals surface area contributed by atoms with Crippen molar-refractivity contribution in [2.75, 3.05) is 0 Å². The van der Waals surface area contributed by atoms with Crippen LogP contribution in [0.3, 0.4) is 0 Å². The summed E-state index contributed by atoms with van der Waals surface area (Å²) in [5.74, 6) is 0.536. The zero-order chi connectivity index (χ0) is 13.1. The van der Waals surface area contributed by atoms with Gasteiger partial charge in [-0.1, -0.05) is 26.0 Å². The molecule has 1 aromatic carbocycles. The second-order valence-electron chi connectivity index (χ2n) is 4.73. The molecule has 0 aliphatic rings. The molecule has 0 aliphatic carbocycles. The first-order valence-electron chi connectivity index (χ1n) is 6.11. The van der Waals surface area contributed by atoms with Crippen molar-refractivity contribution >= 4 is 11.4 Å². The van der Waals surface area contributed by atoms with Crippen LogP contribution in [0.25, 0.3) is 0 Å². The third-order valence-corrected chi connectivity index (χ3v) is 2.91. The molecule has 1 heterocycles. The zero-order valence-corrected chi connectivity index (χ0v) is 11.2. The molecule has 1 aromatic heterocycles. The summed E-state index contributed by atoms with van der Waals surface area (Å²) in [5.41, 5.74) is 4.80. The van der Waals surface area contributed by atoms with Gasteiger partial charge in [-0.05, 0) is 37.5 Å². The Morgan fingerprint density at radius 2 is 1.72 bits per heavy atom. The molecule has 18 heavy (non-hydrogen) atoms. The number of nitrogens with zero attached hydrogens (tertiary/aromatic N) is 3. The molecule has 4 nitrogen and oxygen atoms in total. The van der Waals surface area contributed by atoms with E-state index in [2.05, 4.69) is 46.4 Å². The number of nitrogens with one attached hydrogen (secondary N) is 1. The molecule has 0 saturated carbocycles. The van der Waals surface area contributed by atoms with Gasteiger partial charge in [-0.15, -0.1) is 5.11 Å². The highest BCUT2D eigenvalue weighted by atomic mass is 15.2. The Labute approximate surface area is 107 Å². The Morgan fingerprint density at radius 1 is 1.06 bits per heavy atom. The van der Waals surface area contributed by atoms with Gasteiger partial charge in [-0.25, -0.2) is 0 Å². The van der Waals surface area contributed by atoms with Gasteiger partial charge in [0.15, 0.2) is 0 Å². The second-order valence-corrected chi connectivity index (χ2v) is 4.73. The maximum Gasteiger partial charge on any atom is 0.129 e. The Balaban J connectivity index is 2.19. The van der Waals surface area contributed by atoms with Crippen LogP contribution in [-0.4, -0.2) is 10.2 Å². The third kappa shape index (κ3) is 2.64. The molecule has 0 spiro atoms. The number of hydrogen-bond acceptors (Lipinski definition) is 3. The third-order valence-electron chi connectivity index (χ3n) is 2.91. The predicted molar refractivity (Wildman–Crippen MR) is 72.8 cm³/mol. The van der Waals surface area contributed by atoms with Gasteiger partial charge >= 0.3 is 0 Å². The standard InChI is InChI=1S/C14H18N4/c1-9(2)12-5-7-13(8-6-12)17-18-14-10(3)15-16-11(14)4/h5-9H,1-4H3,(H,15,16)/b18-17+. The molecule has 0 fully saturated rings. The molecule has 2 aromatic rings. The average Bonchev–Trinajstić information content (AvgIpc) is 2.67. The van der Waals surface area contributed by atoms with Crippen LogP contribution in [0.5, 0.6) is 0 Å². The Bertz CT molecular complexity index is 530. The molecule has 0 saturated heterocycles. The van der Waals surface area contributed by atoms with Crippen LogP contribution in [0.1, 0.15) is 36.7 Å². The van der Waals surface area contributed by atoms with Gasteiger partial charge < -0.3 is 0 Å². The van der Waals surface area contributed by atoms with E-state index >= 15 is 0 Å². The van der Waals surface area contributed by atoms with E-state index < -0.39 is 0 Å². The van der Waals surface area contributed by atoms with Gasteiger partial charge in [0.2, 0.25) is 0 Å². The maximum absolute atomic E-state index is 4.24. The van der Waals surface area contributed by atoms with Crippen molar-refractivity contribution in [3.05, 3.63) is 41.2 Å². The van der Waals surface area contributed by atoms with Gasteiger partial charge in [-0.2, -0.15) is 10.2 Å². The summed E-state index contributed by atoms with van der Waals surface area (Å²) in [6.45, 7) is 8.21. The van der Waals surface area contributed by atoms with E-state index in [0.717, 1.165) is 22.8 Å². The molecule has 0 atom stereocenters. The van der Waals surface area contributed by atoms with Crippen LogP contribution in [0, 0.1) is 13.8 Å². The lowest BCUT2D eigenvalue weighted by Crippen LogP contribution is -1.84. The molecular formula is C14H18N4. The highest BCUT2D eigenvalue weighted by Crippen LogP contribution is 2.24. The summed E-state index contributed by atoms with van der Waals surface area (Å²) in [6.07, 6.45) is 0. The number of aryl methyl sites for hydroxylation is 2. The van der Waals surface area contributed by atoms with E-state index in [0.29, 0.717) is 5.92 Å². The summed E-state index contributed by atoms with van der Waals surface area (Å²) in [7, 11) is 0. The molecule has 0 radical (unpaired) electrons. The van der Waals surface area contributed by atoms with E-state index in [-0.39, 0.29) is 0 Å². The maximum atomic E-state index is 4.24. The topological polar surface area (TPSA) is 53.4 Å². The van der Waals surface area contributed by atoms with Crippen molar-refractivity contribution in [3.63, 3.8) is 0 Å². The van der Waals surface area contributed by atoms with Crippen LogP contribution in [0.15, 0.2) is 34.5 Å². The first-order chi connectivity index (χ1) is 8.58. The van der Waals surface area contributed by atoms with Crippen LogP contribution in [0.4, 0.5) is 11.4 Å². The lowest BCUT2D eigenvalue weighted by Gasteiger charge is -2.03. The Hall–Kier alpha value is -1.97. The fourth-order valence-electron chi connectivity index (χ4n) is 1.73. The van der Waals surface area contributed by atoms with Crippen LogP contribution in [-0.2, 0) is 0 Å². The molecule has 0 bridgehead atoms. The van der Waals surface area contributed by atoms with Gasteiger partial charge in [0.25, 0.3) is 0 Å². The first kappa shape index (κ1) is 12.5. The number of hydrogen-bond donors (Lipinski definition) is 1. The summed E-state index contributed by atoms with van der Waals surface area (Å²) in [4.78, 5) is 0. The predicted octanol–water partition coefficient (Wildman–Crippen LogP) is 4.57. The molecular weight excluding hydrogens is 224 g/mol. The van der Waals surface area contributed by atoms with E-state index in [1.165, 1.54) is 5.56 Å². The van der Waals surface area contributed by atoms with Gasteiger partial charge in [0.05, 0.1) is 17.1 Å². The fourth-order valence-corrected chi connectivity index (χ4v) is 1.73. The number of rotatable bonds is 3. The van der Waals surface area contributed by atoms with Gasteiger partial charge in [0.1, 0.15) is 5.69 Å². The number of aromatic nitrogens is 2. The number of benzene rings is 1. The average molecular weight is 242 g/mol. The highest BCUT2D eigenvalue weighted by Gasteiger charge is 2.04. The van der Waals surface area contributed by atoms with Crippen molar-refractivity contribution in [2.24, 2.45) is 10.2 Å². The van der Waals surface area contributed by atoms with Crippen molar-refractivity contribution in [3.8, 4) is 0 Å². The van der Waals surface area contributed by atoms with Crippen LogP contribution >= 0.6 is 0 Å². The van der Waals surface area contributed by atoms with Crippen molar-refractivity contribution in [2.45, 2.75) is 33.6 Å². The van der Waals surface area contributed by atoms with Gasteiger partial charge in [-0.3, -0.25) is 5.10 Å². The zero-order valence-electron chi connectivity index (χ0n) is 11.2. The van der Waals surface area contributed by atoms with E-state index in [9.17, 15) is 0 Å². The second kappa shape index (κ2) is 5.12. The van der Waals surface area contributed by atoms with Crippen LogP contribution in [0.2, 0.25) is 0 Å². The first-order valence-corrected chi connectivity index (χ1v) is 6.11. The summed E-state index contributed by atoms with van der Waals surface area (Å²) < 4.78 is 0. The highest BCUT2D eigenvalue weighted by molar-refractivity contribution is 5.46. The van der Waals surface area contributed by atoms with Crippen molar-refractivity contribution < 1.29 is 0 Å². The summed E-state index contributed by atoms with van der Waals surface area (Å²) in [6, 6.07) is 8.16. The SMILES string of the molecule is Cc1n[nH]c(C)c1/N=N/c1ccc(C(C)C)cc1. The molecule has 4 heteroatoms. The minimum Gasteiger partial charge on any atom is -0.280 e. The molecule has 1 N–H and O–H groups in total. The summed E-state index contributed by atoms with van der Waals surface area (Å²) in [5, 5.41) is 15.5. The smallest absolute Gasteiger partial charge is 0.129 e. The number of aromatic amines is 1. The van der Waals surface area contributed by atoms with Crippen molar-refractivity contribution in [1.29, 1.82) is 0 Å². The van der Waals surface area contributed by atoms with E-state index in [4.69, 9.17) is 0 Å². The lowest BCUT2D eigenvalue weighted by atomic mass is 10.0. The van der Waals surface area contributed by atoms with Gasteiger partial charge in [0, 0.05) is 0 Å². The molecule has 0 unspecified atom stereocenters. The summed E-state index contributed by atoms with van der Waals surface area (Å²) >= 11 is 0. The van der Waals surface area contributed by atoms with Crippen molar-refractivity contribution in [1.82, 2.24) is 10.2 Å². The minimum absolute atomic E-state index is 0.536. The molecule has 0 aliphatic heterocycles. The molecule has 2 rings (SSSR count). The van der Waals surface area contributed by atoms with E-state index in [1.807, 2.05) is 26.0 Å². The molecule has 0 amide bonds. The number of azo groups is 1. The normalized spacial score (nSPS) is 11.6.